The third-order valence-corrected chi connectivity index (χ3v) is 3.19. The Labute approximate surface area is 104 Å². The number of ether oxygens (including phenoxy) is 1. The molecule has 0 spiro atoms. The van der Waals surface area contributed by atoms with Crippen LogP contribution in [0.25, 0.3) is 10.8 Å². The number of hydrogen-bond donors (Lipinski definition) is 0. The molecule has 3 rings (SSSR count). The van der Waals surface area contributed by atoms with Crippen LogP contribution in [0.4, 0.5) is 0 Å². The second-order valence-electron chi connectivity index (χ2n) is 4.21. The zero-order chi connectivity index (χ0) is 11.8. The number of nitriles is 1. The molecule has 2 aromatic rings. The molecule has 84 valence electrons. The SMILES string of the molecule is N#Cc1cc(Cl)c2ccccc2c1OC1CC1. The summed E-state index contributed by atoms with van der Waals surface area (Å²) in [6.45, 7) is 0. The van der Waals surface area contributed by atoms with E-state index in [1.165, 1.54) is 0 Å². The highest BCUT2D eigenvalue weighted by Gasteiger charge is 2.26. The van der Waals surface area contributed by atoms with Crippen LogP contribution in [0.5, 0.6) is 5.75 Å². The van der Waals surface area contributed by atoms with E-state index in [0.29, 0.717) is 16.3 Å². The summed E-state index contributed by atoms with van der Waals surface area (Å²) in [7, 11) is 0. The van der Waals surface area contributed by atoms with E-state index < -0.39 is 0 Å². The monoisotopic (exact) mass is 243 g/mol. The Kier molecular flexibility index (Phi) is 2.42. The van der Waals surface area contributed by atoms with Gasteiger partial charge in [-0.1, -0.05) is 35.9 Å². The lowest BCUT2D eigenvalue weighted by atomic mass is 10.1. The highest BCUT2D eigenvalue weighted by molar-refractivity contribution is 6.36. The van der Waals surface area contributed by atoms with Crippen LogP contribution in [0.15, 0.2) is 30.3 Å². The molecule has 0 aliphatic heterocycles. The first kappa shape index (κ1) is 10.4. The van der Waals surface area contributed by atoms with E-state index in [2.05, 4.69) is 6.07 Å². The molecule has 1 saturated carbocycles. The summed E-state index contributed by atoms with van der Waals surface area (Å²) in [6, 6.07) is 11.6. The van der Waals surface area contributed by atoms with Crippen LogP contribution < -0.4 is 4.74 Å². The molecule has 0 heterocycles. The van der Waals surface area contributed by atoms with Gasteiger partial charge >= 0.3 is 0 Å². The normalized spacial score (nSPS) is 14.6. The summed E-state index contributed by atoms with van der Waals surface area (Å²) < 4.78 is 5.83. The third kappa shape index (κ3) is 1.83. The number of nitrogens with zero attached hydrogens (tertiary/aromatic N) is 1. The van der Waals surface area contributed by atoms with Crippen LogP contribution >= 0.6 is 11.6 Å². The fourth-order valence-electron chi connectivity index (χ4n) is 1.87. The zero-order valence-corrected chi connectivity index (χ0v) is 9.87. The molecule has 1 aliphatic carbocycles. The molecule has 0 saturated heterocycles. The van der Waals surface area contributed by atoms with Gasteiger partial charge in [0.15, 0.2) is 0 Å². The Bertz CT molecular complexity index is 626. The van der Waals surface area contributed by atoms with E-state index in [0.717, 1.165) is 23.6 Å². The molecular formula is C14H10ClNO. The van der Waals surface area contributed by atoms with E-state index in [1.807, 2.05) is 24.3 Å². The second kappa shape index (κ2) is 3.94. The predicted molar refractivity (Wildman–Crippen MR) is 67.3 cm³/mol. The molecule has 17 heavy (non-hydrogen) atoms. The Balaban J connectivity index is 2.27. The van der Waals surface area contributed by atoms with E-state index >= 15 is 0 Å². The molecule has 3 heteroatoms. The quantitative estimate of drug-likeness (QED) is 0.801. The van der Waals surface area contributed by atoms with E-state index in [-0.39, 0.29) is 6.10 Å². The Morgan fingerprint density at radius 2 is 1.94 bits per heavy atom. The zero-order valence-electron chi connectivity index (χ0n) is 9.11. The Hall–Kier alpha value is -1.72. The van der Waals surface area contributed by atoms with Crippen molar-refractivity contribution in [1.29, 1.82) is 5.26 Å². The summed E-state index contributed by atoms with van der Waals surface area (Å²) in [5.41, 5.74) is 0.514. The van der Waals surface area contributed by atoms with Gasteiger partial charge in [-0.25, -0.2) is 0 Å². The molecule has 1 aliphatic rings. The van der Waals surface area contributed by atoms with Crippen molar-refractivity contribution in [1.82, 2.24) is 0 Å². The molecule has 0 bridgehead atoms. The molecule has 2 aromatic carbocycles. The van der Waals surface area contributed by atoms with Crippen molar-refractivity contribution >= 4 is 22.4 Å². The van der Waals surface area contributed by atoms with Crippen LogP contribution in [-0.4, -0.2) is 6.10 Å². The molecule has 0 unspecified atom stereocenters. The average Bonchev–Trinajstić information content (AvgIpc) is 3.16. The highest BCUT2D eigenvalue weighted by Crippen LogP contribution is 2.38. The minimum absolute atomic E-state index is 0.270. The molecule has 0 radical (unpaired) electrons. The number of benzene rings is 2. The van der Waals surface area contributed by atoms with E-state index in [1.54, 1.807) is 6.07 Å². The van der Waals surface area contributed by atoms with Gasteiger partial charge in [-0.2, -0.15) is 5.26 Å². The number of fused-ring (bicyclic) bond motifs is 1. The first-order valence-electron chi connectivity index (χ1n) is 5.57. The Morgan fingerprint density at radius 3 is 2.59 bits per heavy atom. The maximum absolute atomic E-state index is 9.15. The maximum atomic E-state index is 9.15. The molecule has 0 atom stereocenters. The van der Waals surface area contributed by atoms with Crippen molar-refractivity contribution in [2.45, 2.75) is 18.9 Å². The molecular weight excluding hydrogens is 234 g/mol. The molecule has 0 N–H and O–H groups in total. The van der Waals surface area contributed by atoms with Gasteiger partial charge in [0.05, 0.1) is 11.7 Å². The lowest BCUT2D eigenvalue weighted by Crippen LogP contribution is -1.99. The number of halogens is 1. The largest absolute Gasteiger partial charge is 0.488 e. The topological polar surface area (TPSA) is 33.0 Å². The lowest BCUT2D eigenvalue weighted by molar-refractivity contribution is 0.306. The van der Waals surface area contributed by atoms with Crippen molar-refractivity contribution in [3.8, 4) is 11.8 Å². The van der Waals surface area contributed by atoms with Crippen LogP contribution in [-0.2, 0) is 0 Å². The van der Waals surface area contributed by atoms with E-state index in [9.17, 15) is 0 Å². The summed E-state index contributed by atoms with van der Waals surface area (Å²) in [5, 5.41) is 11.6. The summed E-state index contributed by atoms with van der Waals surface area (Å²) in [4.78, 5) is 0. The fraction of sp³-hybridized carbons (Fsp3) is 0.214. The van der Waals surface area contributed by atoms with Gasteiger partial charge in [0, 0.05) is 15.8 Å². The number of rotatable bonds is 2. The van der Waals surface area contributed by atoms with Crippen molar-refractivity contribution < 1.29 is 4.74 Å². The van der Waals surface area contributed by atoms with Crippen LogP contribution in [0.1, 0.15) is 18.4 Å². The highest BCUT2D eigenvalue weighted by atomic mass is 35.5. The molecule has 2 nitrogen and oxygen atoms in total. The van der Waals surface area contributed by atoms with Gasteiger partial charge in [0.1, 0.15) is 11.8 Å². The smallest absolute Gasteiger partial charge is 0.145 e. The first-order chi connectivity index (χ1) is 8.29. The first-order valence-corrected chi connectivity index (χ1v) is 5.95. The minimum Gasteiger partial charge on any atom is -0.488 e. The second-order valence-corrected chi connectivity index (χ2v) is 4.62. The fourth-order valence-corrected chi connectivity index (χ4v) is 2.14. The summed E-state index contributed by atoms with van der Waals surface area (Å²) >= 11 is 6.16. The van der Waals surface area contributed by atoms with Crippen LogP contribution in [0, 0.1) is 11.3 Å². The lowest BCUT2D eigenvalue weighted by Gasteiger charge is -2.11. The van der Waals surface area contributed by atoms with Gasteiger partial charge in [0.25, 0.3) is 0 Å². The third-order valence-electron chi connectivity index (χ3n) is 2.87. The van der Waals surface area contributed by atoms with Gasteiger partial charge < -0.3 is 4.74 Å². The van der Waals surface area contributed by atoms with Gasteiger partial charge in [-0.15, -0.1) is 0 Å². The predicted octanol–water partition coefficient (Wildman–Crippen LogP) is 3.91. The minimum atomic E-state index is 0.270. The maximum Gasteiger partial charge on any atom is 0.145 e. The van der Waals surface area contributed by atoms with Gasteiger partial charge in [-0.3, -0.25) is 0 Å². The molecule has 0 amide bonds. The van der Waals surface area contributed by atoms with Crippen molar-refractivity contribution in [3.05, 3.63) is 40.9 Å². The molecule has 1 fully saturated rings. The van der Waals surface area contributed by atoms with Crippen molar-refractivity contribution in [2.75, 3.05) is 0 Å². The summed E-state index contributed by atoms with van der Waals surface area (Å²) in [5.74, 6) is 0.676. The average molecular weight is 244 g/mol. The van der Waals surface area contributed by atoms with Crippen molar-refractivity contribution in [3.63, 3.8) is 0 Å². The summed E-state index contributed by atoms with van der Waals surface area (Å²) in [6.07, 6.45) is 2.41. The van der Waals surface area contributed by atoms with Crippen LogP contribution in [0.3, 0.4) is 0 Å². The van der Waals surface area contributed by atoms with Crippen LogP contribution in [0.2, 0.25) is 5.02 Å². The van der Waals surface area contributed by atoms with Gasteiger partial charge in [0.2, 0.25) is 0 Å². The van der Waals surface area contributed by atoms with Crippen molar-refractivity contribution in [2.24, 2.45) is 0 Å². The molecule has 0 aromatic heterocycles. The van der Waals surface area contributed by atoms with Gasteiger partial charge in [-0.05, 0) is 18.9 Å². The number of hydrogen-bond acceptors (Lipinski definition) is 2. The Morgan fingerprint density at radius 1 is 1.24 bits per heavy atom. The van der Waals surface area contributed by atoms with E-state index in [4.69, 9.17) is 21.6 Å². The standard InChI is InChI=1S/C14H10ClNO/c15-13-7-9(8-16)14(17-10-5-6-10)12-4-2-1-3-11(12)13/h1-4,7,10H,5-6H2.